The first kappa shape index (κ1) is 19.2. The average Bonchev–Trinajstić information content (AvgIpc) is 2.43. The molecule has 0 heterocycles. The number of halogens is 1. The summed E-state index contributed by atoms with van der Waals surface area (Å²) in [6, 6.07) is 6.21. The maximum Gasteiger partial charge on any atom is 0.230 e. The predicted octanol–water partition coefficient (Wildman–Crippen LogP) is 3.96. The molecule has 1 amide bonds. The maximum absolute atomic E-state index is 12.1. The van der Waals surface area contributed by atoms with Gasteiger partial charge in [-0.2, -0.15) is 11.8 Å². The van der Waals surface area contributed by atoms with E-state index >= 15 is 0 Å². The largest absolute Gasteiger partial charge is 0.399 e. The molecule has 1 unspecified atom stereocenters. The van der Waals surface area contributed by atoms with Gasteiger partial charge in [0.2, 0.25) is 5.91 Å². The van der Waals surface area contributed by atoms with Crippen molar-refractivity contribution in [2.24, 2.45) is 5.92 Å². The highest BCUT2D eigenvalue weighted by atomic mass is 35.5. The molecule has 1 atom stereocenters. The van der Waals surface area contributed by atoms with Gasteiger partial charge in [0, 0.05) is 5.69 Å². The van der Waals surface area contributed by atoms with E-state index in [9.17, 15) is 4.79 Å². The Bertz CT molecular complexity index is 494. The van der Waals surface area contributed by atoms with Crippen LogP contribution in [0.5, 0.6) is 0 Å². The van der Waals surface area contributed by atoms with Gasteiger partial charge in [-0.25, -0.2) is 0 Å². The topological polar surface area (TPSA) is 55.1 Å². The standard InChI is InChI=1S/C17H26N2OS.ClH/c1-12(2)8-9-21-11-17(20)19-16-5-3-4-13-10-14(18)6-7-15(13)16;/h6-7,10,12,16H,3-5,8-9,11,18H2,1-2H3,(H,19,20);1H. The number of rotatable bonds is 6. The Morgan fingerprint density at radius 3 is 2.95 bits per heavy atom. The van der Waals surface area contributed by atoms with Crippen LogP contribution >= 0.6 is 24.2 Å². The minimum absolute atomic E-state index is 0. The van der Waals surface area contributed by atoms with Crippen LogP contribution in [-0.4, -0.2) is 17.4 Å². The zero-order chi connectivity index (χ0) is 15.2. The molecule has 0 saturated carbocycles. The van der Waals surface area contributed by atoms with E-state index in [4.69, 9.17) is 5.73 Å². The maximum atomic E-state index is 12.1. The molecule has 124 valence electrons. The van der Waals surface area contributed by atoms with E-state index in [1.807, 2.05) is 12.1 Å². The van der Waals surface area contributed by atoms with E-state index in [1.54, 1.807) is 11.8 Å². The molecule has 0 aromatic heterocycles. The quantitative estimate of drug-likeness (QED) is 0.607. The van der Waals surface area contributed by atoms with E-state index in [2.05, 4.69) is 25.2 Å². The predicted molar refractivity (Wildman–Crippen MR) is 98.7 cm³/mol. The number of hydrogen-bond acceptors (Lipinski definition) is 3. The van der Waals surface area contributed by atoms with Crippen LogP contribution in [0.3, 0.4) is 0 Å². The van der Waals surface area contributed by atoms with Crippen molar-refractivity contribution in [3.05, 3.63) is 29.3 Å². The third-order valence-corrected chi connectivity index (χ3v) is 4.88. The first-order valence-corrected chi connectivity index (χ1v) is 8.97. The van der Waals surface area contributed by atoms with Gasteiger partial charge in [-0.1, -0.05) is 19.9 Å². The van der Waals surface area contributed by atoms with E-state index in [-0.39, 0.29) is 24.4 Å². The number of benzene rings is 1. The summed E-state index contributed by atoms with van der Waals surface area (Å²) in [7, 11) is 0. The summed E-state index contributed by atoms with van der Waals surface area (Å²) in [6.07, 6.45) is 4.38. The second-order valence-corrected chi connectivity index (χ2v) is 7.31. The molecule has 0 spiro atoms. The number of aryl methyl sites for hydroxylation is 1. The number of amides is 1. The van der Waals surface area contributed by atoms with Crippen molar-refractivity contribution in [1.82, 2.24) is 5.32 Å². The van der Waals surface area contributed by atoms with E-state index in [0.29, 0.717) is 11.7 Å². The highest BCUT2D eigenvalue weighted by Gasteiger charge is 2.21. The van der Waals surface area contributed by atoms with Gasteiger partial charge in [-0.15, -0.1) is 12.4 Å². The first-order chi connectivity index (χ1) is 10.1. The molecule has 0 bridgehead atoms. The first-order valence-electron chi connectivity index (χ1n) is 7.81. The van der Waals surface area contributed by atoms with E-state index < -0.39 is 0 Å². The fraction of sp³-hybridized carbons (Fsp3) is 0.588. The molecule has 3 N–H and O–H groups in total. The van der Waals surface area contributed by atoms with Gasteiger partial charge in [0.05, 0.1) is 11.8 Å². The number of nitrogens with one attached hydrogen (secondary N) is 1. The molecule has 1 aliphatic carbocycles. The number of anilines is 1. The van der Waals surface area contributed by atoms with Crippen LogP contribution < -0.4 is 11.1 Å². The van der Waals surface area contributed by atoms with Crippen LogP contribution in [0.4, 0.5) is 5.69 Å². The summed E-state index contributed by atoms with van der Waals surface area (Å²) in [6.45, 7) is 4.43. The van der Waals surface area contributed by atoms with Crippen molar-refractivity contribution in [2.75, 3.05) is 17.2 Å². The van der Waals surface area contributed by atoms with Gasteiger partial charge in [-0.3, -0.25) is 4.79 Å². The Morgan fingerprint density at radius 2 is 2.23 bits per heavy atom. The van der Waals surface area contributed by atoms with Crippen molar-refractivity contribution >= 4 is 35.8 Å². The fourth-order valence-electron chi connectivity index (χ4n) is 2.70. The van der Waals surface area contributed by atoms with Crippen molar-refractivity contribution in [2.45, 2.75) is 45.6 Å². The van der Waals surface area contributed by atoms with Gasteiger partial charge in [0.25, 0.3) is 0 Å². The smallest absolute Gasteiger partial charge is 0.230 e. The summed E-state index contributed by atoms with van der Waals surface area (Å²) < 4.78 is 0. The third kappa shape index (κ3) is 5.73. The third-order valence-electron chi connectivity index (χ3n) is 3.89. The fourth-order valence-corrected chi connectivity index (χ4v) is 3.76. The molecule has 22 heavy (non-hydrogen) atoms. The number of thioether (sulfide) groups is 1. The summed E-state index contributed by atoms with van der Waals surface area (Å²) in [5.41, 5.74) is 9.19. The minimum atomic E-state index is 0. The average molecular weight is 343 g/mol. The lowest BCUT2D eigenvalue weighted by Crippen LogP contribution is -2.32. The lowest BCUT2D eigenvalue weighted by Gasteiger charge is -2.26. The van der Waals surface area contributed by atoms with E-state index in [0.717, 1.165) is 30.7 Å². The molecule has 2 rings (SSSR count). The zero-order valence-corrected chi connectivity index (χ0v) is 15.1. The molecule has 3 nitrogen and oxygen atoms in total. The van der Waals surface area contributed by atoms with Gasteiger partial charge in [0.15, 0.2) is 0 Å². The van der Waals surface area contributed by atoms with Crippen molar-refractivity contribution in [3.63, 3.8) is 0 Å². The van der Waals surface area contributed by atoms with Crippen LogP contribution in [0.2, 0.25) is 0 Å². The molecule has 0 aliphatic heterocycles. The van der Waals surface area contributed by atoms with Crippen molar-refractivity contribution in [1.29, 1.82) is 0 Å². The molecule has 0 saturated heterocycles. The second-order valence-electron chi connectivity index (χ2n) is 6.21. The Morgan fingerprint density at radius 1 is 1.45 bits per heavy atom. The second kappa shape index (κ2) is 9.31. The van der Waals surface area contributed by atoms with Gasteiger partial charge in [0.1, 0.15) is 0 Å². The normalized spacial score (nSPS) is 16.8. The SMILES string of the molecule is CC(C)CCSCC(=O)NC1CCCc2cc(N)ccc21.Cl. The molecule has 1 aromatic carbocycles. The number of carbonyl (C=O) groups excluding carboxylic acids is 1. The highest BCUT2D eigenvalue weighted by Crippen LogP contribution is 2.31. The number of nitrogens with two attached hydrogens (primary N) is 1. The minimum Gasteiger partial charge on any atom is -0.399 e. The highest BCUT2D eigenvalue weighted by molar-refractivity contribution is 7.99. The van der Waals surface area contributed by atoms with Crippen molar-refractivity contribution < 1.29 is 4.79 Å². The van der Waals surface area contributed by atoms with Crippen LogP contribution in [0, 0.1) is 5.92 Å². The monoisotopic (exact) mass is 342 g/mol. The lowest BCUT2D eigenvalue weighted by molar-refractivity contribution is -0.119. The van der Waals surface area contributed by atoms with Crippen LogP contribution in [0.25, 0.3) is 0 Å². The molecule has 0 fully saturated rings. The number of fused-ring (bicyclic) bond motifs is 1. The summed E-state index contributed by atoms with van der Waals surface area (Å²) >= 11 is 1.73. The molecule has 5 heteroatoms. The van der Waals surface area contributed by atoms with Crippen LogP contribution in [0.1, 0.15) is 50.3 Å². The van der Waals surface area contributed by atoms with Crippen LogP contribution in [-0.2, 0) is 11.2 Å². The van der Waals surface area contributed by atoms with Crippen LogP contribution in [0.15, 0.2) is 18.2 Å². The van der Waals surface area contributed by atoms with Crippen molar-refractivity contribution in [3.8, 4) is 0 Å². The molecule has 1 aliphatic rings. The molecule has 1 aromatic rings. The molecular formula is C17H27ClN2OS. The van der Waals surface area contributed by atoms with Gasteiger partial charge < -0.3 is 11.1 Å². The van der Waals surface area contributed by atoms with E-state index in [1.165, 1.54) is 17.5 Å². The summed E-state index contributed by atoms with van der Waals surface area (Å²) in [5, 5.41) is 3.18. The molecule has 0 radical (unpaired) electrons. The number of nitrogen functional groups attached to an aromatic ring is 1. The van der Waals surface area contributed by atoms with Gasteiger partial charge in [-0.05, 0) is 60.6 Å². The number of hydrogen-bond donors (Lipinski definition) is 2. The Hall–Kier alpha value is -0.870. The summed E-state index contributed by atoms with van der Waals surface area (Å²) in [4.78, 5) is 12.1. The lowest BCUT2D eigenvalue weighted by atomic mass is 9.87. The van der Waals surface area contributed by atoms with Gasteiger partial charge >= 0.3 is 0 Å². The Kier molecular flexibility index (Phi) is 8.12. The Balaban J connectivity index is 0.00000242. The zero-order valence-electron chi connectivity index (χ0n) is 13.4. The Labute approximate surface area is 144 Å². The number of carbonyl (C=O) groups is 1. The summed E-state index contributed by atoms with van der Waals surface area (Å²) in [5.74, 6) is 2.48. The molecular weight excluding hydrogens is 316 g/mol.